The number of benzene rings is 1. The Morgan fingerprint density at radius 3 is 2.58 bits per heavy atom. The fraction of sp³-hybridized carbons (Fsp3) is 0.278. The summed E-state index contributed by atoms with van der Waals surface area (Å²) in [6, 6.07) is 15.3. The number of nitriles is 1. The highest BCUT2D eigenvalue weighted by molar-refractivity contribution is 5.68. The molecule has 3 rings (SSSR count). The number of hydrogen-bond acceptors (Lipinski definition) is 5. The topological polar surface area (TPSA) is 69.5 Å². The van der Waals surface area contributed by atoms with Crippen LogP contribution in [-0.2, 0) is 11.3 Å². The lowest BCUT2D eigenvalue weighted by Gasteiger charge is -2.35. The number of amides is 1. The quantitative estimate of drug-likeness (QED) is 0.868. The number of anilines is 1. The lowest BCUT2D eigenvalue weighted by molar-refractivity contribution is 0.0941. The average Bonchev–Trinajstić information content (AvgIpc) is 2.67. The largest absolute Gasteiger partial charge is 0.445 e. The highest BCUT2D eigenvalue weighted by atomic mass is 16.6. The molecular formula is C18H18N4O2. The van der Waals surface area contributed by atoms with E-state index in [9.17, 15) is 4.79 Å². The molecule has 0 N–H and O–H groups in total. The van der Waals surface area contributed by atoms with Gasteiger partial charge in [-0.3, -0.25) is 0 Å². The van der Waals surface area contributed by atoms with Crippen molar-refractivity contribution < 1.29 is 9.53 Å². The van der Waals surface area contributed by atoms with Crippen LogP contribution in [-0.4, -0.2) is 42.2 Å². The first-order valence-electron chi connectivity index (χ1n) is 7.83. The van der Waals surface area contributed by atoms with Gasteiger partial charge in [0.25, 0.3) is 0 Å². The van der Waals surface area contributed by atoms with Gasteiger partial charge in [-0.2, -0.15) is 5.26 Å². The molecule has 1 aromatic heterocycles. The molecule has 1 amide bonds. The number of hydrogen-bond donors (Lipinski definition) is 0. The van der Waals surface area contributed by atoms with E-state index in [1.807, 2.05) is 35.2 Å². The van der Waals surface area contributed by atoms with Crippen molar-refractivity contribution >= 4 is 11.9 Å². The molecule has 1 aliphatic rings. The number of rotatable bonds is 3. The van der Waals surface area contributed by atoms with Crippen LogP contribution in [0.4, 0.5) is 10.6 Å². The molecule has 1 fully saturated rings. The minimum atomic E-state index is -0.306. The van der Waals surface area contributed by atoms with Crippen LogP contribution in [0.5, 0.6) is 0 Å². The molecule has 1 saturated heterocycles. The maximum Gasteiger partial charge on any atom is 0.410 e. The molecule has 0 bridgehead atoms. The smallest absolute Gasteiger partial charge is 0.410 e. The second-order valence-corrected chi connectivity index (χ2v) is 5.50. The third-order valence-electron chi connectivity index (χ3n) is 3.95. The average molecular weight is 322 g/mol. The summed E-state index contributed by atoms with van der Waals surface area (Å²) in [5.41, 5.74) is 1.52. The summed E-state index contributed by atoms with van der Waals surface area (Å²) in [6.45, 7) is 2.64. The molecule has 2 aromatic rings. The van der Waals surface area contributed by atoms with Gasteiger partial charge in [0.2, 0.25) is 0 Å². The Bertz CT molecular complexity index is 734. The summed E-state index contributed by atoms with van der Waals surface area (Å²) >= 11 is 0. The number of piperazine rings is 1. The first kappa shape index (κ1) is 15.8. The predicted molar refractivity (Wildman–Crippen MR) is 89.4 cm³/mol. The van der Waals surface area contributed by atoms with Crippen molar-refractivity contribution in [1.29, 1.82) is 5.26 Å². The first-order chi connectivity index (χ1) is 11.8. The Hall–Kier alpha value is -3.07. The van der Waals surface area contributed by atoms with Crippen LogP contribution in [0.3, 0.4) is 0 Å². The summed E-state index contributed by atoms with van der Waals surface area (Å²) in [4.78, 5) is 20.2. The maximum atomic E-state index is 12.2. The highest BCUT2D eigenvalue weighted by Crippen LogP contribution is 2.18. The molecule has 1 aliphatic heterocycles. The zero-order valence-corrected chi connectivity index (χ0v) is 13.3. The van der Waals surface area contributed by atoms with Gasteiger partial charge in [0.1, 0.15) is 18.5 Å². The summed E-state index contributed by atoms with van der Waals surface area (Å²) < 4.78 is 5.35. The van der Waals surface area contributed by atoms with E-state index in [2.05, 4.69) is 11.1 Å². The van der Waals surface area contributed by atoms with Gasteiger partial charge in [-0.25, -0.2) is 9.78 Å². The van der Waals surface area contributed by atoms with Gasteiger partial charge < -0.3 is 14.5 Å². The monoisotopic (exact) mass is 322 g/mol. The predicted octanol–water partition coefficient (Wildman–Crippen LogP) is 2.41. The van der Waals surface area contributed by atoms with E-state index >= 15 is 0 Å². The van der Waals surface area contributed by atoms with E-state index < -0.39 is 0 Å². The first-order valence-corrected chi connectivity index (χ1v) is 7.83. The number of carbonyl (C=O) groups excluding carboxylic acids is 1. The maximum absolute atomic E-state index is 12.2. The van der Waals surface area contributed by atoms with Crippen LogP contribution in [0.1, 0.15) is 11.1 Å². The van der Waals surface area contributed by atoms with Crippen LogP contribution in [0, 0.1) is 11.3 Å². The molecule has 0 aliphatic carbocycles. The van der Waals surface area contributed by atoms with E-state index in [0.717, 1.165) is 5.56 Å². The number of aromatic nitrogens is 1. The summed E-state index contributed by atoms with van der Waals surface area (Å²) in [7, 11) is 0. The van der Waals surface area contributed by atoms with Crippen LogP contribution >= 0.6 is 0 Å². The van der Waals surface area contributed by atoms with Gasteiger partial charge in [-0.15, -0.1) is 0 Å². The SMILES string of the molecule is N#Cc1cccnc1N1CCN(C(=O)OCc2ccccc2)CC1. The molecule has 2 heterocycles. The summed E-state index contributed by atoms with van der Waals surface area (Å²) in [6.07, 6.45) is 1.37. The zero-order chi connectivity index (χ0) is 16.8. The van der Waals surface area contributed by atoms with Crippen molar-refractivity contribution in [2.45, 2.75) is 6.61 Å². The van der Waals surface area contributed by atoms with E-state index in [1.54, 1.807) is 23.2 Å². The van der Waals surface area contributed by atoms with Crippen molar-refractivity contribution in [3.05, 3.63) is 59.8 Å². The van der Waals surface area contributed by atoms with Gasteiger partial charge in [-0.1, -0.05) is 30.3 Å². The van der Waals surface area contributed by atoms with Crippen molar-refractivity contribution in [2.24, 2.45) is 0 Å². The normalized spacial score (nSPS) is 14.1. The lowest BCUT2D eigenvalue weighted by atomic mass is 10.2. The standard InChI is InChI=1S/C18H18N4O2/c19-13-16-7-4-8-20-17(16)21-9-11-22(12-10-21)18(23)24-14-15-5-2-1-3-6-15/h1-8H,9-12,14H2. The second-order valence-electron chi connectivity index (χ2n) is 5.50. The highest BCUT2D eigenvalue weighted by Gasteiger charge is 2.24. The van der Waals surface area contributed by atoms with Crippen molar-refractivity contribution in [3.8, 4) is 6.07 Å². The minimum Gasteiger partial charge on any atom is -0.445 e. The molecular weight excluding hydrogens is 304 g/mol. The van der Waals surface area contributed by atoms with Gasteiger partial charge in [-0.05, 0) is 17.7 Å². The molecule has 0 atom stereocenters. The fourth-order valence-corrected chi connectivity index (χ4v) is 2.65. The number of nitrogens with zero attached hydrogens (tertiary/aromatic N) is 4. The molecule has 1 aromatic carbocycles. The van der Waals surface area contributed by atoms with Crippen molar-refractivity contribution in [3.63, 3.8) is 0 Å². The number of carbonyl (C=O) groups is 1. The van der Waals surface area contributed by atoms with E-state index in [0.29, 0.717) is 37.6 Å². The molecule has 122 valence electrons. The van der Waals surface area contributed by atoms with E-state index in [4.69, 9.17) is 10.00 Å². The molecule has 6 heteroatoms. The number of ether oxygens (including phenoxy) is 1. The summed E-state index contributed by atoms with van der Waals surface area (Å²) in [5.74, 6) is 0.678. The third kappa shape index (κ3) is 3.63. The van der Waals surface area contributed by atoms with Crippen LogP contribution in [0.25, 0.3) is 0 Å². The van der Waals surface area contributed by atoms with Gasteiger partial charge in [0, 0.05) is 32.4 Å². The zero-order valence-electron chi connectivity index (χ0n) is 13.3. The Kier molecular flexibility index (Phi) is 4.92. The van der Waals surface area contributed by atoms with Crippen molar-refractivity contribution in [1.82, 2.24) is 9.88 Å². The van der Waals surface area contributed by atoms with E-state index in [-0.39, 0.29) is 12.7 Å². The van der Waals surface area contributed by atoms with Gasteiger partial charge >= 0.3 is 6.09 Å². The lowest BCUT2D eigenvalue weighted by Crippen LogP contribution is -2.49. The Labute approximate surface area is 140 Å². The number of pyridine rings is 1. The van der Waals surface area contributed by atoms with Crippen LogP contribution in [0.2, 0.25) is 0 Å². The molecule has 0 saturated carbocycles. The Morgan fingerprint density at radius 2 is 1.88 bits per heavy atom. The Balaban J connectivity index is 1.53. The van der Waals surface area contributed by atoms with Crippen LogP contribution in [0.15, 0.2) is 48.7 Å². The van der Waals surface area contributed by atoms with Gasteiger partial charge in [0.05, 0.1) is 5.56 Å². The second kappa shape index (κ2) is 7.47. The fourth-order valence-electron chi connectivity index (χ4n) is 2.65. The third-order valence-corrected chi connectivity index (χ3v) is 3.95. The molecule has 6 nitrogen and oxygen atoms in total. The Morgan fingerprint density at radius 1 is 1.12 bits per heavy atom. The van der Waals surface area contributed by atoms with Gasteiger partial charge in [0.15, 0.2) is 0 Å². The van der Waals surface area contributed by atoms with E-state index in [1.165, 1.54) is 0 Å². The minimum absolute atomic E-state index is 0.276. The molecule has 0 unspecified atom stereocenters. The molecule has 0 radical (unpaired) electrons. The molecule has 0 spiro atoms. The van der Waals surface area contributed by atoms with Crippen LogP contribution < -0.4 is 4.90 Å². The summed E-state index contributed by atoms with van der Waals surface area (Å²) in [5, 5.41) is 9.17. The van der Waals surface area contributed by atoms with Crippen molar-refractivity contribution in [2.75, 3.05) is 31.1 Å². The molecule has 24 heavy (non-hydrogen) atoms.